The minimum Gasteiger partial charge on any atom is -0.444 e. The van der Waals surface area contributed by atoms with Crippen molar-refractivity contribution in [3.05, 3.63) is 36.3 Å². The molecule has 5 heterocycles. The Kier molecular flexibility index (Phi) is 6.38. The Morgan fingerprint density at radius 3 is 2.54 bits per heavy atom. The number of fused-ring (bicyclic) bond motifs is 3. The van der Waals surface area contributed by atoms with Crippen molar-refractivity contribution in [2.75, 3.05) is 42.9 Å². The van der Waals surface area contributed by atoms with Crippen LogP contribution in [-0.4, -0.2) is 74.7 Å². The van der Waals surface area contributed by atoms with Gasteiger partial charge in [-0.1, -0.05) is 13.8 Å². The first-order chi connectivity index (χ1) is 17.6. The summed E-state index contributed by atoms with van der Waals surface area (Å²) in [5.74, 6) is 1.29. The molecule has 1 unspecified atom stereocenters. The Balaban J connectivity index is 1.27. The van der Waals surface area contributed by atoms with Crippen LogP contribution in [0.2, 0.25) is 0 Å². The van der Waals surface area contributed by atoms with Crippen molar-refractivity contribution in [3.63, 3.8) is 0 Å². The largest absolute Gasteiger partial charge is 0.444 e. The van der Waals surface area contributed by atoms with Crippen LogP contribution >= 0.6 is 0 Å². The van der Waals surface area contributed by atoms with E-state index in [0.717, 1.165) is 16.7 Å². The zero-order chi connectivity index (χ0) is 26.3. The summed E-state index contributed by atoms with van der Waals surface area (Å²) in [6.45, 7) is 13.1. The topological polar surface area (TPSA) is 118 Å². The number of nitrogens with one attached hydrogen (secondary N) is 2. The molecule has 1 saturated heterocycles. The standard InChI is InChI=1S/C26H34N8O3/c1-16(2)20-15-28-23(35)19-12-17-13-29-24(31-22(17)34(19)20)30-21-7-6-18(14-27-21)32-8-10-33(11-9-32)25(36)37-26(3,4)5/h6-7,12-14,16,20H,8-11,15H2,1-5H3,(H,28,35)(H,27,29,30,31). The van der Waals surface area contributed by atoms with Gasteiger partial charge in [-0.2, -0.15) is 4.98 Å². The van der Waals surface area contributed by atoms with E-state index in [0.29, 0.717) is 56.1 Å². The van der Waals surface area contributed by atoms with Gasteiger partial charge in [0.1, 0.15) is 22.8 Å². The lowest BCUT2D eigenvalue weighted by Crippen LogP contribution is -2.50. The Bertz CT molecular complexity index is 1300. The SMILES string of the molecule is CC(C)C1CNC(=O)c2cc3cnc(Nc4ccc(N5CCN(C(=O)OC(C)(C)C)CC5)cn4)nc3n21. The number of pyridine rings is 1. The van der Waals surface area contributed by atoms with Crippen molar-refractivity contribution in [2.45, 2.75) is 46.3 Å². The fourth-order valence-electron chi connectivity index (χ4n) is 4.73. The van der Waals surface area contributed by atoms with Gasteiger partial charge in [-0.25, -0.2) is 14.8 Å². The van der Waals surface area contributed by atoms with E-state index in [4.69, 9.17) is 9.72 Å². The molecule has 0 aliphatic carbocycles. The van der Waals surface area contributed by atoms with Crippen LogP contribution in [0.25, 0.3) is 11.0 Å². The highest BCUT2D eigenvalue weighted by molar-refractivity contribution is 5.99. The lowest BCUT2D eigenvalue weighted by Gasteiger charge is -2.36. The molecule has 0 aromatic carbocycles. The molecule has 11 heteroatoms. The summed E-state index contributed by atoms with van der Waals surface area (Å²) in [7, 11) is 0. The van der Waals surface area contributed by atoms with Crippen LogP contribution in [0.4, 0.5) is 22.2 Å². The fourth-order valence-corrected chi connectivity index (χ4v) is 4.73. The zero-order valence-corrected chi connectivity index (χ0v) is 22.0. The van der Waals surface area contributed by atoms with E-state index in [1.165, 1.54) is 0 Å². The Labute approximate surface area is 216 Å². The molecule has 2 aliphatic heterocycles. The van der Waals surface area contributed by atoms with Crippen molar-refractivity contribution in [2.24, 2.45) is 5.92 Å². The van der Waals surface area contributed by atoms with Gasteiger partial charge in [0.15, 0.2) is 0 Å². The van der Waals surface area contributed by atoms with Gasteiger partial charge < -0.3 is 29.7 Å². The summed E-state index contributed by atoms with van der Waals surface area (Å²) in [6.07, 6.45) is 3.27. The summed E-state index contributed by atoms with van der Waals surface area (Å²) in [4.78, 5) is 42.4. The molecule has 0 saturated carbocycles. The predicted molar refractivity (Wildman–Crippen MR) is 141 cm³/mol. The number of piperazine rings is 1. The first kappa shape index (κ1) is 24.8. The van der Waals surface area contributed by atoms with Crippen LogP contribution in [0, 0.1) is 5.92 Å². The average molecular weight is 507 g/mol. The molecule has 0 radical (unpaired) electrons. The van der Waals surface area contributed by atoms with E-state index >= 15 is 0 Å². The van der Waals surface area contributed by atoms with Gasteiger partial charge >= 0.3 is 6.09 Å². The van der Waals surface area contributed by atoms with Crippen LogP contribution in [0.5, 0.6) is 0 Å². The van der Waals surface area contributed by atoms with Crippen LogP contribution in [0.15, 0.2) is 30.6 Å². The van der Waals surface area contributed by atoms with Crippen molar-refractivity contribution in [1.82, 2.24) is 29.7 Å². The van der Waals surface area contributed by atoms with Crippen LogP contribution in [0.1, 0.15) is 51.1 Å². The second kappa shape index (κ2) is 9.53. The molecule has 37 heavy (non-hydrogen) atoms. The smallest absolute Gasteiger partial charge is 0.410 e. The van der Waals surface area contributed by atoms with Crippen LogP contribution in [-0.2, 0) is 4.74 Å². The summed E-state index contributed by atoms with van der Waals surface area (Å²) in [5.41, 5.74) is 1.83. The molecular weight excluding hydrogens is 472 g/mol. The summed E-state index contributed by atoms with van der Waals surface area (Å²) in [6, 6.07) is 5.86. The molecule has 1 fully saturated rings. The van der Waals surface area contributed by atoms with Gasteiger partial charge in [0.05, 0.1) is 17.9 Å². The number of nitrogens with zero attached hydrogens (tertiary/aromatic N) is 6. The molecule has 2 amide bonds. The maximum Gasteiger partial charge on any atom is 0.410 e. The first-order valence-electron chi connectivity index (χ1n) is 12.7. The Morgan fingerprint density at radius 2 is 1.89 bits per heavy atom. The van der Waals surface area contributed by atoms with Gasteiger partial charge in [0.25, 0.3) is 5.91 Å². The molecule has 2 N–H and O–H groups in total. The summed E-state index contributed by atoms with van der Waals surface area (Å²) < 4.78 is 7.51. The number of hydrogen-bond donors (Lipinski definition) is 2. The van der Waals surface area contributed by atoms with E-state index in [1.807, 2.05) is 49.7 Å². The highest BCUT2D eigenvalue weighted by Crippen LogP contribution is 2.30. The number of amides is 2. The first-order valence-corrected chi connectivity index (χ1v) is 12.7. The third kappa shape index (κ3) is 5.16. The van der Waals surface area contributed by atoms with Gasteiger partial charge in [-0.15, -0.1) is 0 Å². The highest BCUT2D eigenvalue weighted by Gasteiger charge is 2.30. The molecule has 2 aliphatic rings. The van der Waals surface area contributed by atoms with Gasteiger partial charge in [0.2, 0.25) is 5.95 Å². The van der Waals surface area contributed by atoms with Gasteiger partial charge in [-0.05, 0) is 44.9 Å². The van der Waals surface area contributed by atoms with Crippen LogP contribution in [0.3, 0.4) is 0 Å². The molecule has 3 aromatic heterocycles. The monoisotopic (exact) mass is 506 g/mol. The van der Waals surface area contributed by atoms with Gasteiger partial charge in [0, 0.05) is 44.3 Å². The van der Waals surface area contributed by atoms with Crippen molar-refractivity contribution in [3.8, 4) is 0 Å². The van der Waals surface area contributed by atoms with E-state index in [-0.39, 0.29) is 18.0 Å². The minimum absolute atomic E-state index is 0.0893. The maximum absolute atomic E-state index is 12.4. The molecule has 0 bridgehead atoms. The Morgan fingerprint density at radius 1 is 1.14 bits per heavy atom. The third-order valence-corrected chi connectivity index (χ3v) is 6.67. The number of carbonyl (C=O) groups is 2. The number of rotatable bonds is 4. The van der Waals surface area contributed by atoms with Crippen molar-refractivity contribution in [1.29, 1.82) is 0 Å². The van der Waals surface area contributed by atoms with E-state index in [1.54, 1.807) is 11.1 Å². The quantitative estimate of drug-likeness (QED) is 0.552. The number of hydrogen-bond acceptors (Lipinski definition) is 8. The second-order valence-electron chi connectivity index (χ2n) is 10.9. The molecule has 5 rings (SSSR count). The van der Waals surface area contributed by atoms with Gasteiger partial charge in [-0.3, -0.25) is 4.79 Å². The second-order valence-corrected chi connectivity index (χ2v) is 10.9. The fraction of sp³-hybridized carbons (Fsp3) is 0.500. The normalized spacial score (nSPS) is 18.1. The third-order valence-electron chi connectivity index (χ3n) is 6.67. The lowest BCUT2D eigenvalue weighted by atomic mass is 10.0. The minimum atomic E-state index is -0.499. The van der Waals surface area contributed by atoms with Crippen molar-refractivity contribution >= 4 is 40.5 Å². The number of carbonyl (C=O) groups excluding carboxylic acids is 2. The molecule has 0 spiro atoms. The predicted octanol–water partition coefficient (Wildman–Crippen LogP) is 3.57. The molecule has 1 atom stereocenters. The molecule has 196 valence electrons. The van der Waals surface area contributed by atoms with E-state index < -0.39 is 5.60 Å². The maximum atomic E-state index is 12.4. The summed E-state index contributed by atoms with van der Waals surface area (Å²) >= 11 is 0. The molecule has 11 nitrogen and oxygen atoms in total. The average Bonchev–Trinajstić information content (AvgIpc) is 3.23. The Hall–Kier alpha value is -3.89. The summed E-state index contributed by atoms with van der Waals surface area (Å²) in [5, 5.41) is 6.99. The van der Waals surface area contributed by atoms with Crippen LogP contribution < -0.4 is 15.5 Å². The van der Waals surface area contributed by atoms with E-state index in [9.17, 15) is 9.59 Å². The molecule has 3 aromatic rings. The zero-order valence-electron chi connectivity index (χ0n) is 22.0. The number of anilines is 3. The van der Waals surface area contributed by atoms with E-state index in [2.05, 4.69) is 39.3 Å². The highest BCUT2D eigenvalue weighted by atomic mass is 16.6. The molecular formula is C26H34N8O3. The number of aromatic nitrogens is 4. The number of ether oxygens (including phenoxy) is 1. The van der Waals surface area contributed by atoms with Crippen molar-refractivity contribution < 1.29 is 14.3 Å². The lowest BCUT2D eigenvalue weighted by molar-refractivity contribution is 0.0240.